The number of aliphatic hydroxyl groups excluding tert-OH is 2. The van der Waals surface area contributed by atoms with E-state index in [0.717, 1.165) is 28.9 Å². The number of ether oxygens (including phenoxy) is 1. The molecule has 4 atom stereocenters. The molecular weight excluding hydrogens is 517 g/mol. The highest BCUT2D eigenvalue weighted by Gasteiger charge is 2.41. The van der Waals surface area contributed by atoms with Gasteiger partial charge in [-0.05, 0) is 37.3 Å². The van der Waals surface area contributed by atoms with Crippen molar-refractivity contribution in [2.75, 3.05) is 6.61 Å². The van der Waals surface area contributed by atoms with Crippen LogP contribution in [0.15, 0.2) is 42.9 Å². The molecule has 4 unspecified atom stereocenters. The fourth-order valence-corrected chi connectivity index (χ4v) is 4.89. The van der Waals surface area contributed by atoms with Crippen molar-refractivity contribution in [3.05, 3.63) is 72.0 Å². The number of nitrogens with zero attached hydrogens (tertiary/aromatic N) is 8. The Morgan fingerprint density at radius 2 is 1.90 bits per heavy atom. The Morgan fingerprint density at radius 1 is 1.13 bits per heavy atom. The zero-order valence-corrected chi connectivity index (χ0v) is 20.8. The number of hydrogen-bond acceptors (Lipinski definition) is 8. The van der Waals surface area contributed by atoms with Crippen molar-refractivity contribution in [3.8, 4) is 16.9 Å². The van der Waals surface area contributed by atoms with Gasteiger partial charge in [0.1, 0.15) is 29.8 Å². The lowest BCUT2D eigenvalue weighted by Gasteiger charge is -2.38. The quantitative estimate of drug-likeness (QED) is 0.326. The number of fused-ring (bicyclic) bond motifs is 1. The molecule has 14 heteroatoms. The maximum absolute atomic E-state index is 13.8. The summed E-state index contributed by atoms with van der Waals surface area (Å²) < 4.78 is 51.9. The average Bonchev–Trinajstić information content (AvgIpc) is 3.66. The summed E-state index contributed by atoms with van der Waals surface area (Å²) in [4.78, 5) is 8.92. The summed E-state index contributed by atoms with van der Waals surface area (Å²) in [5.74, 6) is -3.35. The lowest BCUT2D eigenvalue weighted by atomic mass is 9.95. The van der Waals surface area contributed by atoms with Gasteiger partial charge in [0.2, 0.25) is 0 Å². The van der Waals surface area contributed by atoms with Crippen molar-refractivity contribution in [1.82, 2.24) is 39.3 Å². The second-order valence-corrected chi connectivity index (χ2v) is 9.43. The van der Waals surface area contributed by atoms with E-state index in [9.17, 15) is 23.4 Å². The second-order valence-electron chi connectivity index (χ2n) is 9.43. The fraction of sp³-hybridized carbons (Fsp3) is 0.320. The van der Waals surface area contributed by atoms with Crippen molar-refractivity contribution < 1.29 is 28.1 Å². The van der Waals surface area contributed by atoms with Gasteiger partial charge in [-0.3, -0.25) is 0 Å². The van der Waals surface area contributed by atoms with Crippen LogP contribution in [0.3, 0.4) is 0 Å². The molecule has 1 fully saturated rings. The van der Waals surface area contributed by atoms with E-state index in [2.05, 4.69) is 25.4 Å². The Labute approximate surface area is 219 Å². The number of rotatable bonds is 5. The van der Waals surface area contributed by atoms with Crippen LogP contribution in [0, 0.1) is 24.4 Å². The molecule has 1 saturated heterocycles. The highest BCUT2D eigenvalue weighted by Crippen LogP contribution is 2.38. The number of aromatic nitrogens is 8. The smallest absolute Gasteiger partial charge is 0.194 e. The molecule has 6 rings (SSSR count). The SMILES string of the molecule is Cc1nc(C2CC(n3cc(-c4cc(F)c(F)c(F)c4)nn3)C(O)C(CO)O2)n(-c2ccc3ncn(C)c3c2)n1. The van der Waals surface area contributed by atoms with Crippen LogP contribution in [0.1, 0.15) is 30.2 Å². The highest BCUT2D eigenvalue weighted by atomic mass is 19.2. The minimum absolute atomic E-state index is 0.0182. The van der Waals surface area contributed by atoms with E-state index < -0.39 is 48.4 Å². The molecule has 39 heavy (non-hydrogen) atoms. The number of imidazole rings is 1. The van der Waals surface area contributed by atoms with Crippen molar-refractivity contribution in [3.63, 3.8) is 0 Å². The van der Waals surface area contributed by atoms with Crippen molar-refractivity contribution in [2.24, 2.45) is 7.05 Å². The average molecular weight is 541 g/mol. The Hall–Kier alpha value is -4.14. The second kappa shape index (κ2) is 9.55. The normalized spacial score (nSPS) is 21.6. The summed E-state index contributed by atoms with van der Waals surface area (Å²) in [6.07, 6.45) is 0.373. The van der Waals surface area contributed by atoms with Gasteiger partial charge in [0.25, 0.3) is 0 Å². The van der Waals surface area contributed by atoms with Gasteiger partial charge in [0.05, 0.1) is 41.9 Å². The molecule has 1 aliphatic heterocycles. The van der Waals surface area contributed by atoms with E-state index in [1.54, 1.807) is 17.9 Å². The number of aliphatic hydroxyl groups is 2. The van der Waals surface area contributed by atoms with E-state index in [-0.39, 0.29) is 17.7 Å². The van der Waals surface area contributed by atoms with Gasteiger partial charge in [-0.1, -0.05) is 5.21 Å². The van der Waals surface area contributed by atoms with E-state index in [4.69, 9.17) is 4.74 Å². The molecule has 4 heterocycles. The van der Waals surface area contributed by atoms with Gasteiger partial charge in [-0.2, -0.15) is 5.10 Å². The van der Waals surface area contributed by atoms with Gasteiger partial charge in [0.15, 0.2) is 23.3 Å². The summed E-state index contributed by atoms with van der Waals surface area (Å²) in [6.45, 7) is 1.25. The van der Waals surface area contributed by atoms with Gasteiger partial charge >= 0.3 is 0 Å². The van der Waals surface area contributed by atoms with Crippen molar-refractivity contribution in [2.45, 2.75) is 37.7 Å². The predicted molar refractivity (Wildman–Crippen MR) is 130 cm³/mol. The third kappa shape index (κ3) is 4.35. The number of halogens is 3. The zero-order valence-electron chi connectivity index (χ0n) is 20.8. The lowest BCUT2D eigenvalue weighted by molar-refractivity contribution is -0.161. The topological polar surface area (TPSA) is 129 Å². The van der Waals surface area contributed by atoms with Crippen LogP contribution in [0.5, 0.6) is 0 Å². The van der Waals surface area contributed by atoms with Crippen LogP contribution >= 0.6 is 0 Å². The number of benzene rings is 2. The standard InChI is InChI=1S/C25H23F3N8O3/c1-12-30-25(36(32-12)14-3-4-17-19(7-14)34(2)11-29-17)21-8-20(24(38)22(10-37)39-21)35-9-18(31-33-35)13-5-15(26)23(28)16(27)6-13/h3-7,9,11,20-22,24,37-38H,8,10H2,1-2H3. The number of hydrogen-bond donors (Lipinski definition) is 2. The Kier molecular flexibility index (Phi) is 6.16. The first-order valence-corrected chi connectivity index (χ1v) is 12.1. The van der Waals surface area contributed by atoms with Crippen LogP contribution in [0.2, 0.25) is 0 Å². The summed E-state index contributed by atoms with van der Waals surface area (Å²) in [5.41, 5.74) is 2.49. The third-order valence-corrected chi connectivity index (χ3v) is 6.86. The molecular formula is C25H23F3N8O3. The Morgan fingerprint density at radius 3 is 2.64 bits per heavy atom. The van der Waals surface area contributed by atoms with Gasteiger partial charge in [-0.15, -0.1) is 5.10 Å². The first kappa shape index (κ1) is 25.2. The molecule has 2 aromatic carbocycles. The van der Waals surface area contributed by atoms with Gasteiger partial charge < -0.3 is 19.5 Å². The summed E-state index contributed by atoms with van der Waals surface area (Å²) >= 11 is 0. The van der Waals surface area contributed by atoms with Crippen LogP contribution in [0.4, 0.5) is 13.2 Å². The van der Waals surface area contributed by atoms with Crippen LogP contribution in [0.25, 0.3) is 28.0 Å². The van der Waals surface area contributed by atoms with E-state index in [1.165, 1.54) is 10.9 Å². The molecule has 0 saturated carbocycles. The predicted octanol–water partition coefficient (Wildman–Crippen LogP) is 2.56. The lowest BCUT2D eigenvalue weighted by Crippen LogP contribution is -2.45. The molecule has 2 N–H and O–H groups in total. The molecule has 3 aromatic heterocycles. The molecule has 0 radical (unpaired) electrons. The zero-order chi connectivity index (χ0) is 27.4. The summed E-state index contributed by atoms with van der Waals surface area (Å²) in [6, 6.07) is 6.53. The molecule has 0 bridgehead atoms. The molecule has 1 aliphatic rings. The monoisotopic (exact) mass is 540 g/mol. The Bertz CT molecular complexity index is 1660. The molecule has 202 valence electrons. The van der Waals surface area contributed by atoms with Crippen LogP contribution in [-0.4, -0.2) is 68.3 Å². The molecule has 0 aliphatic carbocycles. The van der Waals surface area contributed by atoms with Crippen LogP contribution in [-0.2, 0) is 11.8 Å². The van der Waals surface area contributed by atoms with Gasteiger partial charge in [-0.25, -0.2) is 32.5 Å². The summed E-state index contributed by atoms with van der Waals surface area (Å²) in [7, 11) is 1.88. The first-order valence-electron chi connectivity index (χ1n) is 12.1. The molecule has 11 nitrogen and oxygen atoms in total. The molecule has 5 aromatic rings. The summed E-state index contributed by atoms with van der Waals surface area (Å²) in [5, 5.41) is 33.5. The largest absolute Gasteiger partial charge is 0.394 e. The minimum Gasteiger partial charge on any atom is -0.394 e. The maximum Gasteiger partial charge on any atom is 0.194 e. The first-order chi connectivity index (χ1) is 18.7. The third-order valence-electron chi connectivity index (χ3n) is 6.86. The van der Waals surface area contributed by atoms with E-state index in [1.807, 2.05) is 29.8 Å². The minimum atomic E-state index is -1.58. The van der Waals surface area contributed by atoms with Crippen LogP contribution < -0.4 is 0 Å². The van der Waals surface area contributed by atoms with Crippen molar-refractivity contribution in [1.29, 1.82) is 0 Å². The van der Waals surface area contributed by atoms with E-state index >= 15 is 0 Å². The molecule has 0 spiro atoms. The fourth-order valence-electron chi connectivity index (χ4n) is 4.89. The number of aryl methyl sites for hydroxylation is 2. The Balaban J connectivity index is 1.35. The maximum atomic E-state index is 13.8. The van der Waals surface area contributed by atoms with E-state index in [0.29, 0.717) is 11.6 Å². The highest BCUT2D eigenvalue weighted by molar-refractivity contribution is 5.77. The van der Waals surface area contributed by atoms with Gasteiger partial charge in [0, 0.05) is 19.0 Å². The molecule has 0 amide bonds. The van der Waals surface area contributed by atoms with Crippen molar-refractivity contribution >= 4 is 11.0 Å².